The van der Waals surface area contributed by atoms with E-state index in [9.17, 15) is 9.90 Å². The average molecular weight is 529 g/mol. The van der Waals surface area contributed by atoms with E-state index in [1.165, 1.54) is 18.2 Å². The molecule has 10 heteroatoms. The van der Waals surface area contributed by atoms with Gasteiger partial charge < -0.3 is 29.2 Å². The van der Waals surface area contributed by atoms with Crippen LogP contribution in [-0.2, 0) is 17.7 Å². The molecule has 2 aliphatic rings. The van der Waals surface area contributed by atoms with E-state index >= 15 is 0 Å². The van der Waals surface area contributed by atoms with Crippen molar-refractivity contribution >= 4 is 11.6 Å². The molecule has 39 heavy (non-hydrogen) atoms. The zero-order valence-corrected chi connectivity index (χ0v) is 22.3. The number of hydrogen-bond acceptors (Lipinski definition) is 8. The molecular formula is C29H32N6O4. The Balaban J connectivity index is 1.28. The number of likely N-dealkylation sites (tertiary alicyclic amines) is 1. The van der Waals surface area contributed by atoms with Gasteiger partial charge in [-0.15, -0.1) is 0 Å². The third-order valence-electron chi connectivity index (χ3n) is 8.10. The molecule has 0 radical (unpaired) electrons. The molecule has 1 spiro atoms. The van der Waals surface area contributed by atoms with Gasteiger partial charge in [-0.05, 0) is 43.0 Å². The van der Waals surface area contributed by atoms with E-state index in [1.807, 2.05) is 35.7 Å². The van der Waals surface area contributed by atoms with Crippen molar-refractivity contribution in [1.82, 2.24) is 29.6 Å². The van der Waals surface area contributed by atoms with E-state index in [4.69, 9.17) is 14.5 Å². The van der Waals surface area contributed by atoms with Gasteiger partial charge in [0, 0.05) is 56.5 Å². The number of aromatic nitrogens is 4. The SMILES string of the molecule is COc1nccc(-c2cc([C@@H](C)OC)c3nc(C(=O)N4CC[C@]5(Cc6ccccc6CN5)[C@H](O)C4)cn3c2)n1. The summed E-state index contributed by atoms with van der Waals surface area (Å²) in [7, 11) is 3.16. The molecule has 0 bridgehead atoms. The molecule has 1 amide bonds. The Bertz CT molecular complexity index is 1540. The molecule has 202 valence electrons. The molecule has 10 nitrogen and oxygen atoms in total. The van der Waals surface area contributed by atoms with Gasteiger partial charge in [0.2, 0.25) is 0 Å². The highest BCUT2D eigenvalue weighted by molar-refractivity contribution is 5.93. The van der Waals surface area contributed by atoms with Gasteiger partial charge in [0.05, 0.1) is 30.6 Å². The number of carbonyl (C=O) groups is 1. The minimum atomic E-state index is -0.691. The summed E-state index contributed by atoms with van der Waals surface area (Å²) in [4.78, 5) is 28.6. The van der Waals surface area contributed by atoms with Gasteiger partial charge >= 0.3 is 6.01 Å². The summed E-state index contributed by atoms with van der Waals surface area (Å²) in [5.74, 6) is -0.204. The normalized spacial score (nSPS) is 21.6. The molecule has 5 heterocycles. The Kier molecular flexibility index (Phi) is 6.54. The van der Waals surface area contributed by atoms with Crippen LogP contribution >= 0.6 is 0 Å². The number of nitrogens with zero attached hydrogens (tertiary/aromatic N) is 5. The number of aliphatic hydroxyl groups excluding tert-OH is 1. The number of piperidine rings is 1. The summed E-state index contributed by atoms with van der Waals surface area (Å²) in [5, 5.41) is 14.8. The van der Waals surface area contributed by atoms with Crippen LogP contribution in [0.5, 0.6) is 6.01 Å². The van der Waals surface area contributed by atoms with Gasteiger partial charge in [-0.1, -0.05) is 24.3 Å². The maximum Gasteiger partial charge on any atom is 0.316 e. The highest BCUT2D eigenvalue weighted by Crippen LogP contribution is 2.33. The molecule has 3 aromatic heterocycles. The Labute approximate surface area is 226 Å². The van der Waals surface area contributed by atoms with Crippen molar-refractivity contribution < 1.29 is 19.4 Å². The standard InChI is InChI=1S/C29H32N6O4/c1-18(38-2)22-12-21(23-8-10-30-28(33-23)39-3)15-35-16-24(32-26(22)35)27(37)34-11-9-29(25(36)17-34)13-19-6-4-5-7-20(19)14-31-29/h4-8,10,12,15-16,18,25,31,36H,9,11,13-14,17H2,1-3H3/t18-,25-,29+/m1/s1. The van der Waals surface area contributed by atoms with Crippen LogP contribution in [0, 0.1) is 0 Å². The molecule has 2 aliphatic heterocycles. The highest BCUT2D eigenvalue weighted by atomic mass is 16.5. The van der Waals surface area contributed by atoms with Gasteiger partial charge in [-0.2, -0.15) is 4.98 Å². The lowest BCUT2D eigenvalue weighted by Gasteiger charge is -2.48. The largest absolute Gasteiger partial charge is 0.467 e. The second-order valence-corrected chi connectivity index (χ2v) is 10.3. The molecule has 0 aliphatic carbocycles. The fourth-order valence-corrected chi connectivity index (χ4v) is 5.70. The number of β-amino-alcohol motifs (C(OH)–C–C–N with tert-alkyl or cyclic N) is 1. The second kappa shape index (κ2) is 10.0. The van der Waals surface area contributed by atoms with Crippen LogP contribution in [0.25, 0.3) is 16.9 Å². The number of aliphatic hydroxyl groups is 1. The maximum absolute atomic E-state index is 13.6. The summed E-state index contributed by atoms with van der Waals surface area (Å²) in [6, 6.07) is 12.4. The number of methoxy groups -OCH3 is 2. The lowest BCUT2D eigenvalue weighted by atomic mass is 9.76. The topological polar surface area (TPSA) is 114 Å². The third kappa shape index (κ3) is 4.54. The zero-order valence-electron chi connectivity index (χ0n) is 22.3. The first kappa shape index (κ1) is 25.4. The second-order valence-electron chi connectivity index (χ2n) is 10.3. The third-order valence-corrected chi connectivity index (χ3v) is 8.10. The van der Waals surface area contributed by atoms with Gasteiger partial charge in [-0.3, -0.25) is 4.79 Å². The average Bonchev–Trinajstić information content (AvgIpc) is 3.41. The van der Waals surface area contributed by atoms with E-state index < -0.39 is 11.6 Å². The summed E-state index contributed by atoms with van der Waals surface area (Å²) in [6.45, 7) is 3.43. The van der Waals surface area contributed by atoms with Crippen molar-refractivity contribution in [2.45, 2.75) is 44.1 Å². The van der Waals surface area contributed by atoms with E-state index in [1.54, 1.807) is 30.5 Å². The summed E-state index contributed by atoms with van der Waals surface area (Å²) < 4.78 is 12.7. The minimum Gasteiger partial charge on any atom is -0.467 e. The van der Waals surface area contributed by atoms with Crippen molar-refractivity contribution in [3.63, 3.8) is 0 Å². The lowest BCUT2D eigenvalue weighted by Crippen LogP contribution is -2.65. The summed E-state index contributed by atoms with van der Waals surface area (Å²) in [5.41, 5.74) is 5.37. The van der Waals surface area contributed by atoms with Crippen LogP contribution in [0.2, 0.25) is 0 Å². The molecule has 1 aromatic carbocycles. The van der Waals surface area contributed by atoms with Gasteiger partial charge in [0.15, 0.2) is 0 Å². The first-order chi connectivity index (χ1) is 18.9. The van der Waals surface area contributed by atoms with Crippen molar-refractivity contribution in [3.05, 3.63) is 77.4 Å². The quantitative estimate of drug-likeness (QED) is 0.407. The number of benzene rings is 1. The van der Waals surface area contributed by atoms with Crippen LogP contribution in [0.1, 0.15) is 46.6 Å². The molecule has 4 aromatic rings. The molecule has 6 rings (SSSR count). The molecule has 2 N–H and O–H groups in total. The Hall–Kier alpha value is -3.86. The fourth-order valence-electron chi connectivity index (χ4n) is 5.70. The number of imidazole rings is 1. The predicted molar refractivity (Wildman–Crippen MR) is 144 cm³/mol. The molecule has 1 saturated heterocycles. The number of hydrogen-bond donors (Lipinski definition) is 2. The molecular weight excluding hydrogens is 496 g/mol. The monoisotopic (exact) mass is 528 g/mol. The van der Waals surface area contributed by atoms with Crippen molar-refractivity contribution in [3.8, 4) is 17.3 Å². The molecule has 3 atom stereocenters. The van der Waals surface area contributed by atoms with E-state index in [2.05, 4.69) is 27.4 Å². The van der Waals surface area contributed by atoms with Gasteiger partial charge in [0.1, 0.15) is 11.3 Å². The van der Waals surface area contributed by atoms with Crippen LogP contribution in [-0.4, -0.2) is 74.2 Å². The Morgan fingerprint density at radius 1 is 1.18 bits per heavy atom. The number of ether oxygens (including phenoxy) is 2. The smallest absolute Gasteiger partial charge is 0.316 e. The van der Waals surface area contributed by atoms with E-state index in [-0.39, 0.29) is 24.6 Å². The summed E-state index contributed by atoms with van der Waals surface area (Å²) in [6.07, 6.45) is 5.71. The number of nitrogens with one attached hydrogen (secondary N) is 1. The van der Waals surface area contributed by atoms with E-state index in [0.29, 0.717) is 36.5 Å². The molecule has 1 fully saturated rings. The number of pyridine rings is 1. The predicted octanol–water partition coefficient (Wildman–Crippen LogP) is 2.80. The number of rotatable bonds is 5. The van der Waals surface area contributed by atoms with Crippen LogP contribution in [0.4, 0.5) is 0 Å². The van der Waals surface area contributed by atoms with Crippen molar-refractivity contribution in [2.24, 2.45) is 0 Å². The van der Waals surface area contributed by atoms with Crippen LogP contribution in [0.15, 0.2) is 55.0 Å². The van der Waals surface area contributed by atoms with Crippen molar-refractivity contribution in [2.75, 3.05) is 27.3 Å². The number of amides is 1. The van der Waals surface area contributed by atoms with Crippen LogP contribution in [0.3, 0.4) is 0 Å². The lowest BCUT2D eigenvalue weighted by molar-refractivity contribution is -0.0140. The maximum atomic E-state index is 13.6. The van der Waals surface area contributed by atoms with Crippen LogP contribution < -0.4 is 10.1 Å². The minimum absolute atomic E-state index is 0.204. The van der Waals surface area contributed by atoms with Gasteiger partial charge in [0.25, 0.3) is 5.91 Å². The fraction of sp³-hybridized carbons (Fsp3) is 0.379. The Morgan fingerprint density at radius 3 is 2.77 bits per heavy atom. The number of carbonyl (C=O) groups excluding carboxylic acids is 1. The van der Waals surface area contributed by atoms with E-state index in [0.717, 1.165) is 17.5 Å². The Morgan fingerprint density at radius 2 is 2.00 bits per heavy atom. The zero-order chi connectivity index (χ0) is 27.1. The van der Waals surface area contributed by atoms with Crippen molar-refractivity contribution in [1.29, 1.82) is 0 Å². The summed E-state index contributed by atoms with van der Waals surface area (Å²) >= 11 is 0. The number of fused-ring (bicyclic) bond motifs is 2. The molecule has 0 saturated carbocycles. The van der Waals surface area contributed by atoms with Gasteiger partial charge in [-0.25, -0.2) is 9.97 Å². The first-order valence-corrected chi connectivity index (χ1v) is 13.1. The first-order valence-electron chi connectivity index (χ1n) is 13.1. The molecule has 0 unspecified atom stereocenters. The highest BCUT2D eigenvalue weighted by Gasteiger charge is 2.45.